The zero-order chi connectivity index (χ0) is 13.2. The summed E-state index contributed by atoms with van der Waals surface area (Å²) in [7, 11) is -4.68. The van der Waals surface area contributed by atoms with E-state index in [1.54, 1.807) is 0 Å². The normalized spacial score (nSPS) is 11.5. The molecule has 0 fully saturated rings. The minimum atomic E-state index is -4.68. The van der Waals surface area contributed by atoms with Gasteiger partial charge < -0.3 is 5.11 Å². The molecule has 0 heterocycles. The first kappa shape index (κ1) is 13.5. The molecule has 5 nitrogen and oxygen atoms in total. The van der Waals surface area contributed by atoms with Crippen molar-refractivity contribution in [1.82, 2.24) is 4.72 Å². The number of rotatable bonds is 4. The lowest BCUT2D eigenvalue weighted by Crippen LogP contribution is -2.30. The molecule has 0 spiro atoms. The Hall–Kier alpha value is -1.61. The predicted octanol–water partition coefficient (Wildman–Crippen LogP) is 0.467. The van der Waals surface area contributed by atoms with Crippen LogP contribution in [0, 0.1) is 17.5 Å². The molecule has 1 rings (SSSR count). The summed E-state index contributed by atoms with van der Waals surface area (Å²) >= 11 is 0. The van der Waals surface area contributed by atoms with Crippen molar-refractivity contribution < 1.29 is 31.5 Å². The third-order valence-corrected chi connectivity index (χ3v) is 3.10. The van der Waals surface area contributed by atoms with E-state index in [-0.39, 0.29) is 12.1 Å². The quantitative estimate of drug-likeness (QED) is 0.832. The van der Waals surface area contributed by atoms with Crippen LogP contribution in [0.25, 0.3) is 0 Å². The number of benzene rings is 1. The average Bonchev–Trinajstić information content (AvgIpc) is 2.12. The van der Waals surface area contributed by atoms with Crippen molar-refractivity contribution in [2.24, 2.45) is 0 Å². The smallest absolute Gasteiger partial charge is 0.318 e. The lowest BCUT2D eigenvalue weighted by molar-refractivity contribution is -0.135. The van der Waals surface area contributed by atoms with Gasteiger partial charge in [0, 0.05) is 12.1 Å². The minimum absolute atomic E-state index is 0.179. The van der Waals surface area contributed by atoms with E-state index < -0.39 is 44.9 Å². The Bertz CT molecular complexity index is 535. The highest BCUT2D eigenvalue weighted by molar-refractivity contribution is 7.89. The Balaban J connectivity index is 3.20. The monoisotopic (exact) mass is 269 g/mol. The van der Waals surface area contributed by atoms with Crippen LogP contribution in [-0.4, -0.2) is 26.0 Å². The zero-order valence-electron chi connectivity index (χ0n) is 8.08. The molecule has 0 bridgehead atoms. The number of sulfonamides is 1. The van der Waals surface area contributed by atoms with Gasteiger partial charge in [0.1, 0.15) is 24.0 Å². The average molecular weight is 269 g/mol. The fraction of sp³-hybridized carbons (Fsp3) is 0.125. The van der Waals surface area contributed by atoms with Gasteiger partial charge in [0.25, 0.3) is 0 Å². The molecule has 0 atom stereocenters. The van der Waals surface area contributed by atoms with Crippen molar-refractivity contribution in [1.29, 1.82) is 0 Å². The van der Waals surface area contributed by atoms with Gasteiger partial charge in [0.2, 0.25) is 10.0 Å². The second-order valence-electron chi connectivity index (χ2n) is 2.92. The molecular formula is C8H6F3NO4S. The maximum atomic E-state index is 13.1. The van der Waals surface area contributed by atoms with Crippen molar-refractivity contribution in [3.8, 4) is 0 Å². The van der Waals surface area contributed by atoms with Gasteiger partial charge in [-0.3, -0.25) is 4.79 Å². The van der Waals surface area contributed by atoms with Crippen LogP contribution in [0.1, 0.15) is 0 Å². The molecule has 0 saturated carbocycles. The second kappa shape index (κ2) is 4.72. The Morgan fingerprint density at radius 2 is 1.71 bits per heavy atom. The van der Waals surface area contributed by atoms with Gasteiger partial charge in [0.05, 0.1) is 0 Å². The highest BCUT2D eigenvalue weighted by Crippen LogP contribution is 2.19. The molecule has 0 aliphatic heterocycles. The van der Waals surface area contributed by atoms with E-state index in [1.807, 2.05) is 0 Å². The predicted molar refractivity (Wildman–Crippen MR) is 49.1 cm³/mol. The molecule has 0 unspecified atom stereocenters. The third-order valence-electron chi connectivity index (χ3n) is 1.65. The number of hydrogen-bond donors (Lipinski definition) is 2. The van der Waals surface area contributed by atoms with Crippen LogP contribution in [0.2, 0.25) is 0 Å². The largest absolute Gasteiger partial charge is 0.480 e. The summed E-state index contributed by atoms with van der Waals surface area (Å²) < 4.78 is 62.8. The van der Waals surface area contributed by atoms with Crippen LogP contribution in [0.3, 0.4) is 0 Å². The van der Waals surface area contributed by atoms with Crippen LogP contribution >= 0.6 is 0 Å². The second-order valence-corrected chi connectivity index (χ2v) is 4.62. The van der Waals surface area contributed by atoms with Crippen LogP contribution in [0.5, 0.6) is 0 Å². The number of aliphatic carboxylic acids is 1. The number of halogens is 3. The van der Waals surface area contributed by atoms with Gasteiger partial charge >= 0.3 is 5.97 Å². The molecule has 0 aromatic heterocycles. The van der Waals surface area contributed by atoms with Crippen LogP contribution in [-0.2, 0) is 14.8 Å². The Morgan fingerprint density at radius 3 is 2.12 bits per heavy atom. The van der Waals surface area contributed by atoms with Crippen molar-refractivity contribution in [3.05, 3.63) is 29.6 Å². The number of carboxylic acid groups (broad SMARTS) is 1. The van der Waals surface area contributed by atoms with E-state index in [4.69, 9.17) is 5.11 Å². The van der Waals surface area contributed by atoms with Crippen molar-refractivity contribution in [2.45, 2.75) is 4.90 Å². The highest BCUT2D eigenvalue weighted by atomic mass is 32.2. The van der Waals surface area contributed by atoms with Gasteiger partial charge in [-0.15, -0.1) is 0 Å². The molecule has 1 aromatic carbocycles. The number of carboxylic acids is 1. The Kier molecular flexibility index (Phi) is 3.73. The molecule has 0 radical (unpaired) electrons. The summed E-state index contributed by atoms with van der Waals surface area (Å²) in [6.45, 7) is -1.04. The summed E-state index contributed by atoms with van der Waals surface area (Å²) in [5.41, 5.74) is 0. The number of carbonyl (C=O) groups is 1. The van der Waals surface area contributed by atoms with Gasteiger partial charge in [0.15, 0.2) is 4.90 Å². The van der Waals surface area contributed by atoms with E-state index in [2.05, 4.69) is 0 Å². The molecule has 0 aliphatic rings. The lowest BCUT2D eigenvalue weighted by Gasteiger charge is -2.06. The zero-order valence-corrected chi connectivity index (χ0v) is 8.89. The molecule has 17 heavy (non-hydrogen) atoms. The van der Waals surface area contributed by atoms with E-state index in [0.29, 0.717) is 0 Å². The Morgan fingerprint density at radius 1 is 1.24 bits per heavy atom. The minimum Gasteiger partial charge on any atom is -0.480 e. The summed E-state index contributed by atoms with van der Waals surface area (Å²) in [4.78, 5) is 8.71. The summed E-state index contributed by atoms with van der Waals surface area (Å²) in [6, 6.07) is 0.358. The van der Waals surface area contributed by atoms with E-state index in [1.165, 1.54) is 4.72 Å². The summed E-state index contributed by atoms with van der Waals surface area (Å²) in [5.74, 6) is -6.09. The first-order valence-corrected chi connectivity index (χ1v) is 5.58. The lowest BCUT2D eigenvalue weighted by atomic mass is 10.3. The van der Waals surface area contributed by atoms with Crippen LogP contribution in [0.4, 0.5) is 13.2 Å². The molecule has 0 aliphatic carbocycles. The van der Waals surface area contributed by atoms with Crippen LogP contribution < -0.4 is 4.72 Å². The maximum absolute atomic E-state index is 13.1. The Labute approximate surface area is 93.9 Å². The number of hydrogen-bond acceptors (Lipinski definition) is 3. The third kappa shape index (κ3) is 3.17. The number of nitrogens with one attached hydrogen (secondary N) is 1. The van der Waals surface area contributed by atoms with E-state index in [0.717, 1.165) is 0 Å². The molecule has 2 N–H and O–H groups in total. The molecule has 94 valence electrons. The summed E-state index contributed by atoms with van der Waals surface area (Å²) in [6.07, 6.45) is 0. The first-order chi connectivity index (χ1) is 7.74. The van der Waals surface area contributed by atoms with Gasteiger partial charge in [-0.05, 0) is 0 Å². The highest BCUT2D eigenvalue weighted by Gasteiger charge is 2.25. The van der Waals surface area contributed by atoms with Gasteiger partial charge in [-0.1, -0.05) is 0 Å². The molecular weight excluding hydrogens is 263 g/mol. The summed E-state index contributed by atoms with van der Waals surface area (Å²) in [5, 5.41) is 8.23. The fourth-order valence-corrected chi connectivity index (χ4v) is 2.10. The first-order valence-electron chi connectivity index (χ1n) is 4.10. The van der Waals surface area contributed by atoms with E-state index in [9.17, 15) is 26.4 Å². The van der Waals surface area contributed by atoms with Gasteiger partial charge in [-0.25, -0.2) is 21.6 Å². The van der Waals surface area contributed by atoms with Crippen molar-refractivity contribution in [2.75, 3.05) is 6.54 Å². The van der Waals surface area contributed by atoms with Gasteiger partial charge in [-0.2, -0.15) is 4.72 Å². The maximum Gasteiger partial charge on any atom is 0.318 e. The van der Waals surface area contributed by atoms with E-state index >= 15 is 0 Å². The molecule has 0 saturated heterocycles. The topological polar surface area (TPSA) is 83.5 Å². The van der Waals surface area contributed by atoms with Crippen molar-refractivity contribution >= 4 is 16.0 Å². The van der Waals surface area contributed by atoms with Crippen LogP contribution in [0.15, 0.2) is 17.0 Å². The molecule has 0 amide bonds. The fourth-order valence-electron chi connectivity index (χ4n) is 1.01. The van der Waals surface area contributed by atoms with Crippen molar-refractivity contribution in [3.63, 3.8) is 0 Å². The molecule has 9 heteroatoms. The molecule has 1 aromatic rings. The standard InChI is InChI=1S/C8H6F3NO4S/c9-4-1-5(10)8(6(11)2-4)17(15,16)12-3-7(13)14/h1-2,12H,3H2,(H,13,14). The SMILES string of the molecule is O=C(O)CNS(=O)(=O)c1c(F)cc(F)cc1F.